The third kappa shape index (κ3) is 2.96. The van der Waals surface area contributed by atoms with Gasteiger partial charge in [-0.25, -0.2) is 4.39 Å². The Bertz CT molecular complexity index is 343. The molecule has 0 radical (unpaired) electrons. The van der Waals surface area contributed by atoms with Crippen molar-refractivity contribution < 1.29 is 4.39 Å². The Morgan fingerprint density at radius 3 is 2.62 bits per heavy atom. The maximum Gasteiger partial charge on any atom is 0.127 e. The minimum absolute atomic E-state index is 0.271. The number of rotatable bonds is 4. The van der Waals surface area contributed by atoms with Crippen LogP contribution in [-0.2, 0) is 6.42 Å². The zero-order valence-electron chi connectivity index (χ0n) is 10.1. The predicted molar refractivity (Wildman–Crippen MR) is 67.2 cm³/mol. The second-order valence-corrected chi connectivity index (χ2v) is 5.10. The van der Waals surface area contributed by atoms with Gasteiger partial charge in [0.05, 0.1) is 0 Å². The number of hydrogen-bond acceptors (Lipinski definition) is 1. The first kappa shape index (κ1) is 13.5. The first-order chi connectivity index (χ1) is 7.38. The highest BCUT2D eigenvalue weighted by atomic mass is 35.5. The zero-order chi connectivity index (χ0) is 12.3. The Morgan fingerprint density at radius 1 is 1.50 bits per heavy atom. The maximum absolute atomic E-state index is 13.6. The summed E-state index contributed by atoms with van der Waals surface area (Å²) in [5.41, 5.74) is 6.31. The van der Waals surface area contributed by atoms with Crippen LogP contribution in [0, 0.1) is 11.7 Å². The molecular formula is C13H19ClFN. The van der Waals surface area contributed by atoms with Crippen LogP contribution in [0.15, 0.2) is 18.2 Å². The number of halogens is 2. The van der Waals surface area contributed by atoms with Crippen LogP contribution in [-0.4, -0.2) is 5.54 Å². The van der Waals surface area contributed by atoms with Gasteiger partial charge in [-0.3, -0.25) is 0 Å². The predicted octanol–water partition coefficient (Wildman–Crippen LogP) is 3.79. The van der Waals surface area contributed by atoms with Crippen molar-refractivity contribution in [2.45, 2.75) is 39.2 Å². The van der Waals surface area contributed by atoms with E-state index in [2.05, 4.69) is 13.8 Å². The molecule has 0 saturated carbocycles. The molecule has 0 saturated heterocycles. The summed E-state index contributed by atoms with van der Waals surface area (Å²) in [4.78, 5) is 0. The molecule has 2 unspecified atom stereocenters. The van der Waals surface area contributed by atoms with E-state index in [1.165, 1.54) is 6.07 Å². The molecule has 3 heteroatoms. The summed E-state index contributed by atoms with van der Waals surface area (Å²) in [6, 6.07) is 4.73. The van der Waals surface area contributed by atoms with Gasteiger partial charge in [0.25, 0.3) is 0 Å². The molecular weight excluding hydrogens is 225 g/mol. The van der Waals surface area contributed by atoms with Crippen LogP contribution in [0.4, 0.5) is 4.39 Å². The Hall–Kier alpha value is -0.600. The van der Waals surface area contributed by atoms with Gasteiger partial charge in [0.1, 0.15) is 5.82 Å². The number of hydrogen-bond donors (Lipinski definition) is 1. The van der Waals surface area contributed by atoms with E-state index in [4.69, 9.17) is 17.3 Å². The summed E-state index contributed by atoms with van der Waals surface area (Å²) < 4.78 is 13.6. The van der Waals surface area contributed by atoms with Crippen LogP contribution in [0.25, 0.3) is 0 Å². The third-order valence-corrected chi connectivity index (χ3v) is 3.71. The molecule has 16 heavy (non-hydrogen) atoms. The summed E-state index contributed by atoms with van der Waals surface area (Å²) in [6.07, 6.45) is 1.44. The molecule has 0 aromatic heterocycles. The van der Waals surface area contributed by atoms with Crippen LogP contribution in [0.1, 0.15) is 32.8 Å². The van der Waals surface area contributed by atoms with E-state index in [0.717, 1.165) is 6.42 Å². The summed E-state index contributed by atoms with van der Waals surface area (Å²) in [6.45, 7) is 6.11. The lowest BCUT2D eigenvalue weighted by molar-refractivity contribution is 0.303. The van der Waals surface area contributed by atoms with Gasteiger partial charge in [0.15, 0.2) is 0 Å². The minimum atomic E-state index is -0.430. The van der Waals surface area contributed by atoms with Crippen molar-refractivity contribution in [1.82, 2.24) is 0 Å². The van der Waals surface area contributed by atoms with Crippen LogP contribution < -0.4 is 5.73 Å². The standard InChI is InChI=1S/C13H19ClFN/c1-4-9(2)13(3,16)8-10-11(14)6-5-7-12(10)15/h5-7,9H,4,8,16H2,1-3H3. The summed E-state index contributed by atoms with van der Waals surface area (Å²) >= 11 is 5.99. The second-order valence-electron chi connectivity index (χ2n) is 4.69. The molecule has 1 rings (SSSR count). The molecule has 0 aliphatic carbocycles. The second kappa shape index (κ2) is 5.15. The van der Waals surface area contributed by atoms with Gasteiger partial charge >= 0.3 is 0 Å². The number of benzene rings is 1. The first-order valence-corrected chi connectivity index (χ1v) is 5.98. The third-order valence-electron chi connectivity index (χ3n) is 3.36. The Labute approximate surface area is 102 Å². The van der Waals surface area contributed by atoms with E-state index in [0.29, 0.717) is 22.9 Å². The molecule has 2 N–H and O–H groups in total. The van der Waals surface area contributed by atoms with Crippen molar-refractivity contribution in [3.63, 3.8) is 0 Å². The summed E-state index contributed by atoms with van der Waals surface area (Å²) in [5.74, 6) is 0.0515. The lowest BCUT2D eigenvalue weighted by Crippen LogP contribution is -2.45. The van der Waals surface area contributed by atoms with Gasteiger partial charge < -0.3 is 5.73 Å². The van der Waals surface area contributed by atoms with Crippen molar-refractivity contribution in [3.05, 3.63) is 34.6 Å². The van der Waals surface area contributed by atoms with Gasteiger partial charge in [0, 0.05) is 16.1 Å². The Morgan fingerprint density at radius 2 is 2.12 bits per heavy atom. The van der Waals surface area contributed by atoms with Crippen molar-refractivity contribution >= 4 is 11.6 Å². The Kier molecular flexibility index (Phi) is 4.34. The average molecular weight is 244 g/mol. The largest absolute Gasteiger partial charge is 0.325 e. The number of nitrogens with two attached hydrogens (primary N) is 1. The SMILES string of the molecule is CCC(C)C(C)(N)Cc1c(F)cccc1Cl. The molecule has 0 fully saturated rings. The van der Waals surface area contributed by atoms with Crippen LogP contribution >= 0.6 is 11.6 Å². The lowest BCUT2D eigenvalue weighted by Gasteiger charge is -2.31. The van der Waals surface area contributed by atoms with Crippen molar-refractivity contribution in [1.29, 1.82) is 0 Å². The van der Waals surface area contributed by atoms with E-state index < -0.39 is 5.54 Å². The average Bonchev–Trinajstić information content (AvgIpc) is 2.22. The van der Waals surface area contributed by atoms with Crippen LogP contribution in [0.5, 0.6) is 0 Å². The van der Waals surface area contributed by atoms with Gasteiger partial charge in [-0.2, -0.15) is 0 Å². The highest BCUT2D eigenvalue weighted by Crippen LogP contribution is 2.27. The van der Waals surface area contributed by atoms with Crippen molar-refractivity contribution in [2.75, 3.05) is 0 Å². The lowest BCUT2D eigenvalue weighted by atomic mass is 9.81. The molecule has 90 valence electrons. The van der Waals surface area contributed by atoms with Gasteiger partial charge in [-0.1, -0.05) is 37.9 Å². The fourth-order valence-corrected chi connectivity index (χ4v) is 1.95. The minimum Gasteiger partial charge on any atom is -0.325 e. The van der Waals surface area contributed by atoms with Gasteiger partial charge in [-0.05, 0) is 31.4 Å². The van der Waals surface area contributed by atoms with Crippen LogP contribution in [0.3, 0.4) is 0 Å². The van der Waals surface area contributed by atoms with E-state index in [1.807, 2.05) is 6.92 Å². The topological polar surface area (TPSA) is 26.0 Å². The molecule has 0 amide bonds. The quantitative estimate of drug-likeness (QED) is 0.856. The van der Waals surface area contributed by atoms with Crippen molar-refractivity contribution in [2.24, 2.45) is 11.7 Å². The van der Waals surface area contributed by atoms with E-state index >= 15 is 0 Å². The molecule has 1 aromatic rings. The maximum atomic E-state index is 13.6. The van der Waals surface area contributed by atoms with E-state index in [1.54, 1.807) is 12.1 Å². The summed E-state index contributed by atoms with van der Waals surface area (Å²) in [5, 5.41) is 0.458. The molecule has 0 spiro atoms. The molecule has 1 nitrogen and oxygen atoms in total. The monoisotopic (exact) mass is 243 g/mol. The Balaban J connectivity index is 2.96. The molecule has 2 atom stereocenters. The van der Waals surface area contributed by atoms with E-state index in [9.17, 15) is 4.39 Å². The summed E-state index contributed by atoms with van der Waals surface area (Å²) in [7, 11) is 0. The van der Waals surface area contributed by atoms with E-state index in [-0.39, 0.29) is 5.82 Å². The molecule has 0 bridgehead atoms. The molecule has 0 heterocycles. The van der Waals surface area contributed by atoms with Crippen molar-refractivity contribution in [3.8, 4) is 0 Å². The molecule has 0 aliphatic heterocycles. The fourth-order valence-electron chi connectivity index (χ4n) is 1.72. The molecule has 0 aliphatic rings. The normalized spacial score (nSPS) is 16.9. The highest BCUT2D eigenvalue weighted by Gasteiger charge is 2.27. The van der Waals surface area contributed by atoms with Gasteiger partial charge in [-0.15, -0.1) is 0 Å². The first-order valence-electron chi connectivity index (χ1n) is 5.60. The fraction of sp³-hybridized carbons (Fsp3) is 0.538. The molecule has 1 aromatic carbocycles. The smallest absolute Gasteiger partial charge is 0.127 e. The highest BCUT2D eigenvalue weighted by molar-refractivity contribution is 6.31. The zero-order valence-corrected chi connectivity index (χ0v) is 10.8. The van der Waals surface area contributed by atoms with Crippen LogP contribution in [0.2, 0.25) is 5.02 Å². The van der Waals surface area contributed by atoms with Gasteiger partial charge in [0.2, 0.25) is 0 Å².